The number of carbonyl (C=O) groups is 2. The lowest BCUT2D eigenvalue weighted by Crippen LogP contribution is -2.32. The second-order valence-electron chi connectivity index (χ2n) is 5.87. The van der Waals surface area contributed by atoms with Crippen LogP contribution >= 0.6 is 11.3 Å². The van der Waals surface area contributed by atoms with Gasteiger partial charge in [-0.05, 0) is 59.5 Å². The molecule has 2 aromatic carbocycles. The van der Waals surface area contributed by atoms with Gasteiger partial charge >= 0.3 is 0 Å². The second kappa shape index (κ2) is 10.0. The van der Waals surface area contributed by atoms with Gasteiger partial charge in [0.1, 0.15) is 11.4 Å². The summed E-state index contributed by atoms with van der Waals surface area (Å²) in [5.74, 6) is -0.161. The van der Waals surface area contributed by atoms with Crippen LogP contribution in [-0.2, 0) is 4.79 Å². The molecule has 0 saturated heterocycles. The zero-order chi connectivity index (χ0) is 20.5. The first kappa shape index (κ1) is 20.0. The molecule has 7 heteroatoms. The molecule has 146 valence electrons. The molecule has 0 bridgehead atoms. The lowest BCUT2D eigenvalue weighted by molar-refractivity contribution is -0.117. The molecular formula is C22H19N3O3S. The van der Waals surface area contributed by atoms with Crippen LogP contribution in [0.2, 0.25) is 0 Å². The molecule has 3 rings (SSSR count). The van der Waals surface area contributed by atoms with Gasteiger partial charge in [0, 0.05) is 10.4 Å². The van der Waals surface area contributed by atoms with Crippen molar-refractivity contribution in [2.45, 2.75) is 0 Å². The van der Waals surface area contributed by atoms with Gasteiger partial charge in [0.15, 0.2) is 0 Å². The van der Waals surface area contributed by atoms with Crippen LogP contribution in [0.4, 0.5) is 0 Å². The van der Waals surface area contributed by atoms with Gasteiger partial charge in [-0.1, -0.05) is 24.3 Å². The number of carbonyl (C=O) groups excluding carboxylic acids is 2. The number of hydrogen-bond acceptors (Lipinski definition) is 5. The molecule has 0 radical (unpaired) electrons. The number of ether oxygens (including phenoxy) is 1. The smallest absolute Gasteiger partial charge is 0.287 e. The second-order valence-corrected chi connectivity index (χ2v) is 6.85. The Morgan fingerprint density at radius 2 is 1.76 bits per heavy atom. The molecular weight excluding hydrogens is 386 g/mol. The van der Waals surface area contributed by atoms with E-state index in [0.717, 1.165) is 16.2 Å². The van der Waals surface area contributed by atoms with E-state index in [9.17, 15) is 9.59 Å². The van der Waals surface area contributed by atoms with Crippen molar-refractivity contribution in [2.24, 2.45) is 5.10 Å². The highest BCUT2D eigenvalue weighted by atomic mass is 32.1. The van der Waals surface area contributed by atoms with Crippen molar-refractivity contribution in [3.8, 4) is 5.75 Å². The highest BCUT2D eigenvalue weighted by Crippen LogP contribution is 2.13. The van der Waals surface area contributed by atoms with Crippen molar-refractivity contribution in [2.75, 3.05) is 7.11 Å². The van der Waals surface area contributed by atoms with Crippen LogP contribution in [0.1, 0.15) is 20.8 Å². The zero-order valence-corrected chi connectivity index (χ0v) is 16.5. The SMILES string of the molecule is COc1ccc(/C=N/NC(=O)/C(=C/c2cccs2)NC(=O)c2ccccc2)cc1. The van der Waals surface area contributed by atoms with Crippen molar-refractivity contribution < 1.29 is 14.3 Å². The van der Waals surface area contributed by atoms with Crippen LogP contribution in [0.15, 0.2) is 82.9 Å². The minimum Gasteiger partial charge on any atom is -0.497 e. The molecule has 6 nitrogen and oxygen atoms in total. The van der Waals surface area contributed by atoms with Gasteiger partial charge in [0.25, 0.3) is 11.8 Å². The predicted molar refractivity (Wildman–Crippen MR) is 115 cm³/mol. The summed E-state index contributed by atoms with van der Waals surface area (Å²) in [5, 5.41) is 8.53. The summed E-state index contributed by atoms with van der Waals surface area (Å²) in [6.45, 7) is 0. The third kappa shape index (κ3) is 5.88. The Balaban J connectivity index is 1.72. The molecule has 0 aliphatic heterocycles. The molecule has 0 atom stereocenters. The van der Waals surface area contributed by atoms with Gasteiger partial charge < -0.3 is 10.1 Å². The van der Waals surface area contributed by atoms with E-state index in [1.54, 1.807) is 49.6 Å². The van der Waals surface area contributed by atoms with E-state index in [-0.39, 0.29) is 11.6 Å². The van der Waals surface area contributed by atoms with E-state index in [4.69, 9.17) is 4.74 Å². The Morgan fingerprint density at radius 3 is 2.41 bits per heavy atom. The third-order valence-electron chi connectivity index (χ3n) is 3.85. The highest BCUT2D eigenvalue weighted by molar-refractivity contribution is 7.10. The summed E-state index contributed by atoms with van der Waals surface area (Å²) in [6, 6.07) is 19.6. The number of amides is 2. The van der Waals surface area contributed by atoms with Crippen LogP contribution in [-0.4, -0.2) is 25.1 Å². The zero-order valence-electron chi connectivity index (χ0n) is 15.7. The molecule has 2 amide bonds. The molecule has 0 spiro atoms. The van der Waals surface area contributed by atoms with Crippen LogP contribution in [0.25, 0.3) is 6.08 Å². The van der Waals surface area contributed by atoms with E-state index < -0.39 is 5.91 Å². The maximum Gasteiger partial charge on any atom is 0.287 e. The van der Waals surface area contributed by atoms with Crippen molar-refractivity contribution in [3.05, 3.63) is 93.8 Å². The van der Waals surface area contributed by atoms with Gasteiger partial charge in [-0.15, -0.1) is 11.3 Å². The number of hydrazone groups is 1. The fourth-order valence-electron chi connectivity index (χ4n) is 2.37. The minimum atomic E-state index is -0.521. The largest absolute Gasteiger partial charge is 0.497 e. The standard InChI is InChI=1S/C22H19N3O3S/c1-28-18-11-9-16(10-12-18)15-23-25-22(27)20(14-19-8-5-13-29-19)24-21(26)17-6-3-2-4-7-17/h2-15H,1H3,(H,24,26)(H,25,27)/b20-14-,23-15+. The van der Waals surface area contributed by atoms with Crippen molar-refractivity contribution in [3.63, 3.8) is 0 Å². The highest BCUT2D eigenvalue weighted by Gasteiger charge is 2.14. The summed E-state index contributed by atoms with van der Waals surface area (Å²) in [5.41, 5.74) is 3.81. The Hall–Kier alpha value is -3.71. The van der Waals surface area contributed by atoms with E-state index in [0.29, 0.717) is 5.56 Å². The number of nitrogens with one attached hydrogen (secondary N) is 2. The maximum atomic E-state index is 12.6. The van der Waals surface area contributed by atoms with Gasteiger partial charge in [0.05, 0.1) is 13.3 Å². The Bertz CT molecular complexity index is 1010. The van der Waals surface area contributed by atoms with Gasteiger partial charge in [0.2, 0.25) is 0 Å². The van der Waals surface area contributed by atoms with E-state index >= 15 is 0 Å². The normalized spacial score (nSPS) is 11.3. The Kier molecular flexibility index (Phi) is 6.91. The van der Waals surface area contributed by atoms with Crippen LogP contribution in [0.3, 0.4) is 0 Å². The van der Waals surface area contributed by atoms with Crippen LogP contribution in [0, 0.1) is 0 Å². The number of nitrogens with zero attached hydrogens (tertiary/aromatic N) is 1. The predicted octanol–water partition coefficient (Wildman–Crippen LogP) is 3.68. The molecule has 0 fully saturated rings. The molecule has 0 aliphatic rings. The Labute approximate surface area is 172 Å². The average Bonchev–Trinajstić information content (AvgIpc) is 3.27. The first-order valence-corrected chi connectivity index (χ1v) is 9.63. The summed E-state index contributed by atoms with van der Waals surface area (Å²) in [4.78, 5) is 25.9. The lowest BCUT2D eigenvalue weighted by atomic mass is 10.2. The first-order chi connectivity index (χ1) is 14.2. The molecule has 29 heavy (non-hydrogen) atoms. The Morgan fingerprint density at radius 1 is 1.00 bits per heavy atom. The number of rotatable bonds is 7. The maximum absolute atomic E-state index is 12.6. The van der Waals surface area contributed by atoms with Gasteiger partial charge in [-0.3, -0.25) is 9.59 Å². The number of methoxy groups -OCH3 is 1. The molecule has 0 unspecified atom stereocenters. The molecule has 3 aromatic rings. The summed E-state index contributed by atoms with van der Waals surface area (Å²) in [6.07, 6.45) is 3.13. The monoisotopic (exact) mass is 405 g/mol. The minimum absolute atomic E-state index is 0.105. The topological polar surface area (TPSA) is 79.8 Å². The lowest BCUT2D eigenvalue weighted by Gasteiger charge is -2.08. The quantitative estimate of drug-likeness (QED) is 0.358. The number of thiophene rings is 1. The average molecular weight is 405 g/mol. The van der Waals surface area contributed by atoms with E-state index in [2.05, 4.69) is 15.8 Å². The number of benzene rings is 2. The molecule has 1 heterocycles. The van der Waals surface area contributed by atoms with Crippen molar-refractivity contribution >= 4 is 35.4 Å². The first-order valence-electron chi connectivity index (χ1n) is 8.75. The van der Waals surface area contributed by atoms with E-state index in [1.807, 2.05) is 35.7 Å². The van der Waals surface area contributed by atoms with E-state index in [1.165, 1.54) is 17.6 Å². The molecule has 0 aliphatic carbocycles. The number of hydrogen-bond donors (Lipinski definition) is 2. The summed E-state index contributed by atoms with van der Waals surface area (Å²) in [7, 11) is 1.59. The third-order valence-corrected chi connectivity index (χ3v) is 4.67. The van der Waals surface area contributed by atoms with Crippen LogP contribution in [0.5, 0.6) is 5.75 Å². The van der Waals surface area contributed by atoms with Gasteiger partial charge in [-0.2, -0.15) is 5.10 Å². The fourth-order valence-corrected chi connectivity index (χ4v) is 3.03. The van der Waals surface area contributed by atoms with Gasteiger partial charge in [-0.25, -0.2) is 5.43 Å². The summed E-state index contributed by atoms with van der Waals surface area (Å²) >= 11 is 1.46. The molecule has 2 N–H and O–H groups in total. The van der Waals surface area contributed by atoms with Crippen LogP contribution < -0.4 is 15.5 Å². The molecule has 1 aromatic heterocycles. The summed E-state index contributed by atoms with van der Waals surface area (Å²) < 4.78 is 5.11. The van der Waals surface area contributed by atoms with Crippen molar-refractivity contribution in [1.82, 2.24) is 10.7 Å². The fraction of sp³-hybridized carbons (Fsp3) is 0.0455. The molecule has 0 saturated carbocycles. The van der Waals surface area contributed by atoms with Crippen molar-refractivity contribution in [1.29, 1.82) is 0 Å².